The molecule has 2 fully saturated rings. The Bertz CT molecular complexity index is 243. The van der Waals surface area contributed by atoms with Crippen LogP contribution in [-0.2, 0) is 4.74 Å². The lowest BCUT2D eigenvalue weighted by atomic mass is 9.63. The third kappa shape index (κ3) is 1.89. The van der Waals surface area contributed by atoms with Crippen molar-refractivity contribution in [3.05, 3.63) is 0 Å². The Hall–Kier alpha value is -0.220. The van der Waals surface area contributed by atoms with E-state index in [2.05, 4.69) is 5.32 Å². The van der Waals surface area contributed by atoms with Crippen LogP contribution in [0.2, 0.25) is 0 Å². The SMILES string of the molecule is CC1(C)CCNC2(CC(CF)(CF)C2)O1. The minimum Gasteiger partial charge on any atom is -0.355 e. The largest absolute Gasteiger partial charge is 0.355 e. The molecule has 4 heteroatoms. The monoisotopic (exact) mass is 219 g/mol. The maximum Gasteiger partial charge on any atom is 0.121 e. The third-order valence-corrected chi connectivity index (χ3v) is 3.53. The molecule has 0 unspecified atom stereocenters. The summed E-state index contributed by atoms with van der Waals surface area (Å²) < 4.78 is 31.3. The van der Waals surface area contributed by atoms with Crippen molar-refractivity contribution < 1.29 is 13.5 Å². The normalized spacial score (nSPS) is 31.2. The van der Waals surface area contributed by atoms with Gasteiger partial charge in [0.1, 0.15) is 5.72 Å². The highest BCUT2D eigenvalue weighted by molar-refractivity contribution is 5.06. The molecule has 88 valence electrons. The Labute approximate surface area is 89.4 Å². The number of hydrogen-bond acceptors (Lipinski definition) is 2. The summed E-state index contributed by atoms with van der Waals surface area (Å²) in [4.78, 5) is 0. The quantitative estimate of drug-likeness (QED) is 0.768. The molecule has 0 atom stereocenters. The zero-order chi connectivity index (χ0) is 11.2. The van der Waals surface area contributed by atoms with Crippen LogP contribution < -0.4 is 5.32 Å². The fourth-order valence-corrected chi connectivity index (χ4v) is 2.79. The summed E-state index contributed by atoms with van der Waals surface area (Å²) in [5, 5.41) is 3.26. The van der Waals surface area contributed by atoms with Gasteiger partial charge >= 0.3 is 0 Å². The molecule has 2 rings (SSSR count). The number of halogens is 2. The Kier molecular flexibility index (Phi) is 2.54. The van der Waals surface area contributed by atoms with E-state index >= 15 is 0 Å². The average molecular weight is 219 g/mol. The molecule has 2 aliphatic rings. The van der Waals surface area contributed by atoms with Crippen LogP contribution in [0.1, 0.15) is 33.1 Å². The van der Waals surface area contributed by atoms with Gasteiger partial charge in [-0.25, -0.2) is 0 Å². The Morgan fingerprint density at radius 3 is 2.27 bits per heavy atom. The van der Waals surface area contributed by atoms with Gasteiger partial charge in [0.05, 0.1) is 19.0 Å². The summed E-state index contributed by atoms with van der Waals surface area (Å²) in [7, 11) is 0. The van der Waals surface area contributed by atoms with Gasteiger partial charge in [-0.05, 0) is 20.3 Å². The molecule has 0 aromatic heterocycles. The van der Waals surface area contributed by atoms with E-state index in [-0.39, 0.29) is 5.60 Å². The molecule has 2 nitrogen and oxygen atoms in total. The van der Waals surface area contributed by atoms with Gasteiger partial charge in [-0.3, -0.25) is 14.1 Å². The molecule has 1 N–H and O–H groups in total. The van der Waals surface area contributed by atoms with Gasteiger partial charge in [0.2, 0.25) is 0 Å². The van der Waals surface area contributed by atoms with Crippen molar-refractivity contribution in [1.29, 1.82) is 0 Å². The molecule has 0 aromatic carbocycles. The zero-order valence-electron chi connectivity index (χ0n) is 9.41. The van der Waals surface area contributed by atoms with Crippen molar-refractivity contribution >= 4 is 0 Å². The molecule has 1 heterocycles. The Balaban J connectivity index is 2.01. The van der Waals surface area contributed by atoms with Gasteiger partial charge in [0, 0.05) is 24.8 Å². The van der Waals surface area contributed by atoms with Crippen LogP contribution in [0.4, 0.5) is 8.78 Å². The summed E-state index contributed by atoms with van der Waals surface area (Å²) in [5.74, 6) is 0. The second-order valence-corrected chi connectivity index (χ2v) is 5.65. The minimum absolute atomic E-state index is 0.177. The van der Waals surface area contributed by atoms with Crippen LogP contribution in [0.3, 0.4) is 0 Å². The standard InChI is InChI=1S/C11H19F2NO/c1-9(2)3-4-14-11(15-9)5-10(6-11,7-12)8-13/h14H,3-8H2,1-2H3. The molecular weight excluding hydrogens is 200 g/mol. The fraction of sp³-hybridized carbons (Fsp3) is 1.00. The van der Waals surface area contributed by atoms with E-state index in [0.29, 0.717) is 12.8 Å². The van der Waals surface area contributed by atoms with Crippen LogP contribution in [0, 0.1) is 5.41 Å². The smallest absolute Gasteiger partial charge is 0.121 e. The van der Waals surface area contributed by atoms with Crippen molar-refractivity contribution in [3.8, 4) is 0 Å². The summed E-state index contributed by atoms with van der Waals surface area (Å²) in [6.07, 6.45) is 1.85. The summed E-state index contributed by atoms with van der Waals surface area (Å²) in [6, 6.07) is 0. The first-order valence-electron chi connectivity index (χ1n) is 5.52. The van der Waals surface area contributed by atoms with E-state index < -0.39 is 24.5 Å². The lowest BCUT2D eigenvalue weighted by Gasteiger charge is -2.58. The van der Waals surface area contributed by atoms with Gasteiger partial charge in [-0.1, -0.05) is 0 Å². The van der Waals surface area contributed by atoms with E-state index in [1.807, 2.05) is 13.8 Å². The van der Waals surface area contributed by atoms with Gasteiger partial charge in [0.15, 0.2) is 0 Å². The predicted octanol–water partition coefficient (Wildman–Crippen LogP) is 2.19. The lowest BCUT2D eigenvalue weighted by molar-refractivity contribution is -0.265. The van der Waals surface area contributed by atoms with Crippen molar-refractivity contribution in [3.63, 3.8) is 0 Å². The van der Waals surface area contributed by atoms with Gasteiger partial charge < -0.3 is 4.74 Å². The summed E-state index contributed by atoms with van der Waals surface area (Å²) in [5.41, 5.74) is -1.41. The number of hydrogen-bond donors (Lipinski definition) is 1. The average Bonchev–Trinajstić information content (AvgIpc) is 2.12. The van der Waals surface area contributed by atoms with E-state index in [9.17, 15) is 8.78 Å². The summed E-state index contributed by atoms with van der Waals surface area (Å²) in [6.45, 7) is 3.75. The molecule has 0 radical (unpaired) electrons. The van der Waals surface area contributed by atoms with Crippen LogP contribution in [0.5, 0.6) is 0 Å². The highest BCUT2D eigenvalue weighted by atomic mass is 19.1. The van der Waals surface area contributed by atoms with Gasteiger partial charge in [-0.15, -0.1) is 0 Å². The van der Waals surface area contributed by atoms with Crippen LogP contribution >= 0.6 is 0 Å². The molecular formula is C11H19F2NO. The maximum absolute atomic E-state index is 12.7. The van der Waals surface area contributed by atoms with Crippen molar-refractivity contribution in [2.45, 2.75) is 44.4 Å². The van der Waals surface area contributed by atoms with E-state index in [0.717, 1.165) is 13.0 Å². The Morgan fingerprint density at radius 2 is 1.80 bits per heavy atom. The van der Waals surface area contributed by atoms with E-state index in [1.165, 1.54) is 0 Å². The summed E-state index contributed by atoms with van der Waals surface area (Å²) >= 11 is 0. The van der Waals surface area contributed by atoms with Crippen molar-refractivity contribution in [2.75, 3.05) is 19.9 Å². The second kappa shape index (κ2) is 3.39. The molecule has 1 aliphatic carbocycles. The highest BCUT2D eigenvalue weighted by Gasteiger charge is 2.58. The van der Waals surface area contributed by atoms with Crippen LogP contribution in [0.25, 0.3) is 0 Å². The minimum atomic E-state index is -0.777. The maximum atomic E-state index is 12.7. The second-order valence-electron chi connectivity index (χ2n) is 5.65. The lowest BCUT2D eigenvalue weighted by Crippen LogP contribution is -2.68. The first kappa shape index (κ1) is 11.3. The molecule has 1 spiro atoms. The van der Waals surface area contributed by atoms with E-state index in [4.69, 9.17) is 4.74 Å². The number of alkyl halides is 2. The molecule has 0 aromatic rings. The Morgan fingerprint density at radius 1 is 1.20 bits per heavy atom. The molecule has 15 heavy (non-hydrogen) atoms. The zero-order valence-corrected chi connectivity index (χ0v) is 9.41. The topological polar surface area (TPSA) is 21.3 Å². The number of ether oxygens (including phenoxy) is 1. The molecule has 1 saturated carbocycles. The first-order chi connectivity index (χ1) is 6.95. The predicted molar refractivity (Wildman–Crippen MR) is 54.1 cm³/mol. The molecule has 1 saturated heterocycles. The van der Waals surface area contributed by atoms with Crippen LogP contribution in [0.15, 0.2) is 0 Å². The molecule has 1 aliphatic heterocycles. The van der Waals surface area contributed by atoms with Gasteiger partial charge in [0.25, 0.3) is 0 Å². The number of rotatable bonds is 2. The van der Waals surface area contributed by atoms with Crippen molar-refractivity contribution in [2.24, 2.45) is 5.41 Å². The third-order valence-electron chi connectivity index (χ3n) is 3.53. The molecule has 0 bridgehead atoms. The van der Waals surface area contributed by atoms with Crippen molar-refractivity contribution in [1.82, 2.24) is 5.32 Å². The fourth-order valence-electron chi connectivity index (χ4n) is 2.79. The highest BCUT2D eigenvalue weighted by Crippen LogP contribution is 2.52. The first-order valence-corrected chi connectivity index (χ1v) is 5.52. The van der Waals surface area contributed by atoms with Gasteiger partial charge in [-0.2, -0.15) is 0 Å². The number of nitrogens with one attached hydrogen (secondary N) is 1. The van der Waals surface area contributed by atoms with Crippen LogP contribution in [-0.4, -0.2) is 31.2 Å². The molecule has 0 amide bonds. The van der Waals surface area contributed by atoms with E-state index in [1.54, 1.807) is 0 Å².